The molecule has 0 amide bonds. The summed E-state index contributed by atoms with van der Waals surface area (Å²) in [7, 11) is 0. The molecule has 0 fully saturated rings. The molecule has 0 spiro atoms. The number of rotatable bonds is 5. The molecule has 1 aliphatic carbocycles. The molecule has 0 bridgehead atoms. The van der Waals surface area contributed by atoms with Gasteiger partial charge in [0.15, 0.2) is 0 Å². The number of hydrogen-bond donors (Lipinski definition) is 0. The summed E-state index contributed by atoms with van der Waals surface area (Å²) in [6.07, 6.45) is 6.09. The SMILES string of the molecule is C=C/C=C\c1c(C)c(-c2ccccc2)c2c(c1-c1ccccc1)-c1cc3c4ccccc4n(-c4ccc(C#N)c(C#N)c4)c3c3cccc-2c13. The van der Waals surface area contributed by atoms with Crippen molar-refractivity contribution in [2.75, 3.05) is 0 Å². The fraction of sp³-hybridized carbons (Fsp3) is 0.0213. The van der Waals surface area contributed by atoms with Crippen LogP contribution in [-0.4, -0.2) is 4.57 Å². The highest BCUT2D eigenvalue weighted by atomic mass is 15.0. The molecule has 50 heavy (non-hydrogen) atoms. The second-order valence-electron chi connectivity index (χ2n) is 12.7. The summed E-state index contributed by atoms with van der Waals surface area (Å²) < 4.78 is 2.26. The van der Waals surface area contributed by atoms with Gasteiger partial charge in [-0.2, -0.15) is 10.5 Å². The van der Waals surface area contributed by atoms with Crippen molar-refractivity contribution < 1.29 is 0 Å². The van der Waals surface area contributed by atoms with Crippen LogP contribution in [0.15, 0.2) is 146 Å². The van der Waals surface area contributed by atoms with Gasteiger partial charge in [-0.05, 0) is 98.3 Å². The van der Waals surface area contributed by atoms with Gasteiger partial charge in [-0.1, -0.05) is 122 Å². The number of nitriles is 2. The van der Waals surface area contributed by atoms with Gasteiger partial charge in [0.05, 0.1) is 22.2 Å². The summed E-state index contributed by atoms with van der Waals surface area (Å²) in [4.78, 5) is 0. The van der Waals surface area contributed by atoms with Crippen molar-refractivity contribution in [2.24, 2.45) is 0 Å². The lowest BCUT2D eigenvalue weighted by atomic mass is 9.80. The molecule has 1 aliphatic rings. The number of hydrogen-bond acceptors (Lipinski definition) is 2. The molecular formula is C47H29N3. The number of fused-ring (bicyclic) bond motifs is 7. The Morgan fingerprint density at radius 3 is 1.98 bits per heavy atom. The third kappa shape index (κ3) is 4.08. The lowest BCUT2D eigenvalue weighted by molar-refractivity contribution is 1.18. The maximum atomic E-state index is 9.97. The van der Waals surface area contributed by atoms with Crippen LogP contribution in [0.5, 0.6) is 0 Å². The minimum Gasteiger partial charge on any atom is -0.309 e. The Balaban J connectivity index is 1.50. The average Bonchev–Trinajstić information content (AvgIpc) is 3.68. The van der Waals surface area contributed by atoms with E-state index in [4.69, 9.17) is 0 Å². The fourth-order valence-electron chi connectivity index (χ4n) is 8.14. The summed E-state index contributed by atoms with van der Waals surface area (Å²) in [5.74, 6) is 0. The molecule has 0 saturated carbocycles. The van der Waals surface area contributed by atoms with E-state index in [1.54, 1.807) is 6.07 Å². The normalized spacial score (nSPS) is 11.7. The molecule has 0 aliphatic heterocycles. The van der Waals surface area contributed by atoms with E-state index in [9.17, 15) is 10.5 Å². The Kier molecular flexibility index (Phi) is 6.63. The van der Waals surface area contributed by atoms with E-state index in [2.05, 4.69) is 145 Å². The summed E-state index contributed by atoms with van der Waals surface area (Å²) in [5, 5.41) is 24.3. The second kappa shape index (κ2) is 11.3. The Labute approximate surface area is 290 Å². The first-order valence-electron chi connectivity index (χ1n) is 16.7. The summed E-state index contributed by atoms with van der Waals surface area (Å²) in [6.45, 7) is 6.26. The van der Waals surface area contributed by atoms with E-state index >= 15 is 0 Å². The molecule has 0 saturated heterocycles. The highest BCUT2D eigenvalue weighted by Gasteiger charge is 2.33. The van der Waals surface area contributed by atoms with Gasteiger partial charge in [0, 0.05) is 21.8 Å². The van der Waals surface area contributed by atoms with Crippen LogP contribution in [0.25, 0.3) is 88.8 Å². The molecule has 9 rings (SSSR count). The highest BCUT2D eigenvalue weighted by molar-refractivity contribution is 6.30. The number of aromatic nitrogens is 1. The molecule has 0 radical (unpaired) electrons. The lowest BCUT2D eigenvalue weighted by Gasteiger charge is -2.22. The zero-order valence-electron chi connectivity index (χ0n) is 27.4. The van der Waals surface area contributed by atoms with Crippen LogP contribution in [0.3, 0.4) is 0 Å². The molecule has 1 aromatic heterocycles. The van der Waals surface area contributed by atoms with Crippen molar-refractivity contribution in [3.8, 4) is 62.3 Å². The van der Waals surface area contributed by atoms with Crippen LogP contribution < -0.4 is 0 Å². The smallest absolute Gasteiger partial charge is 0.101 e. The van der Waals surface area contributed by atoms with Crippen LogP contribution in [0.4, 0.5) is 0 Å². The van der Waals surface area contributed by atoms with Gasteiger partial charge in [0.1, 0.15) is 12.1 Å². The van der Waals surface area contributed by atoms with Gasteiger partial charge in [-0.25, -0.2) is 0 Å². The van der Waals surface area contributed by atoms with Gasteiger partial charge in [0.2, 0.25) is 0 Å². The Bertz CT molecular complexity index is 2840. The first kappa shape index (κ1) is 29.2. The van der Waals surface area contributed by atoms with Gasteiger partial charge in [-0.3, -0.25) is 0 Å². The zero-order valence-corrected chi connectivity index (χ0v) is 27.4. The summed E-state index contributed by atoms with van der Waals surface area (Å²) in [6, 6.07) is 49.0. The standard InChI is InChI=1S/C47H29N3/c1-3-4-18-35-29(2)42(30-14-7-5-8-15-30)45-37-20-13-21-38-44(37)40(46(45)43(35)31-16-9-6-10-17-31)26-39-36-19-11-12-22-41(36)50(47(38)39)34-24-23-32(27-48)33(25-34)28-49/h3-26H,1H2,2H3/b18-4-. The maximum absolute atomic E-state index is 9.97. The van der Waals surface area contributed by atoms with Crippen molar-refractivity contribution in [2.45, 2.75) is 6.92 Å². The van der Waals surface area contributed by atoms with E-state index < -0.39 is 0 Å². The van der Waals surface area contributed by atoms with Crippen molar-refractivity contribution in [1.29, 1.82) is 10.5 Å². The molecule has 0 N–H and O–H groups in total. The van der Waals surface area contributed by atoms with E-state index in [1.165, 1.54) is 61.0 Å². The van der Waals surface area contributed by atoms with Crippen LogP contribution in [0, 0.1) is 29.6 Å². The van der Waals surface area contributed by atoms with Crippen molar-refractivity contribution >= 4 is 38.7 Å². The van der Waals surface area contributed by atoms with Crippen LogP contribution in [0.1, 0.15) is 22.3 Å². The van der Waals surface area contributed by atoms with Crippen molar-refractivity contribution in [3.05, 3.63) is 168 Å². The maximum Gasteiger partial charge on any atom is 0.101 e. The van der Waals surface area contributed by atoms with E-state index in [0.717, 1.165) is 32.9 Å². The molecule has 0 atom stereocenters. The molecule has 8 aromatic rings. The quantitative estimate of drug-likeness (QED) is 0.177. The van der Waals surface area contributed by atoms with Crippen LogP contribution in [-0.2, 0) is 0 Å². The van der Waals surface area contributed by atoms with Gasteiger partial charge in [-0.15, -0.1) is 0 Å². The monoisotopic (exact) mass is 635 g/mol. The first-order valence-corrected chi connectivity index (χ1v) is 16.7. The Hall–Kier alpha value is -6.94. The number of para-hydroxylation sites is 1. The minimum absolute atomic E-state index is 0.366. The largest absolute Gasteiger partial charge is 0.309 e. The highest BCUT2D eigenvalue weighted by Crippen LogP contribution is 2.58. The lowest BCUT2D eigenvalue weighted by Crippen LogP contribution is -1.98. The molecule has 7 aromatic carbocycles. The van der Waals surface area contributed by atoms with Crippen molar-refractivity contribution in [3.63, 3.8) is 0 Å². The van der Waals surface area contributed by atoms with Gasteiger partial charge >= 0.3 is 0 Å². The molecule has 3 heteroatoms. The van der Waals surface area contributed by atoms with Gasteiger partial charge in [0.25, 0.3) is 0 Å². The number of nitrogens with zero attached hydrogens (tertiary/aromatic N) is 3. The molecule has 1 heterocycles. The topological polar surface area (TPSA) is 52.5 Å². The van der Waals surface area contributed by atoms with E-state index in [-0.39, 0.29) is 0 Å². The van der Waals surface area contributed by atoms with Crippen LogP contribution in [0.2, 0.25) is 0 Å². The van der Waals surface area contributed by atoms with Gasteiger partial charge < -0.3 is 4.57 Å². The van der Waals surface area contributed by atoms with E-state index in [1.807, 2.05) is 24.3 Å². The fourth-order valence-corrected chi connectivity index (χ4v) is 8.14. The number of benzene rings is 7. The van der Waals surface area contributed by atoms with Crippen LogP contribution >= 0.6 is 0 Å². The Morgan fingerprint density at radius 2 is 1.26 bits per heavy atom. The van der Waals surface area contributed by atoms with Crippen molar-refractivity contribution in [1.82, 2.24) is 4.57 Å². The molecule has 0 unspecified atom stereocenters. The first-order chi connectivity index (χ1) is 24.6. The summed E-state index contributed by atoms with van der Waals surface area (Å²) >= 11 is 0. The Morgan fingerprint density at radius 1 is 0.600 bits per heavy atom. The molecular weight excluding hydrogens is 607 g/mol. The predicted molar refractivity (Wildman–Crippen MR) is 207 cm³/mol. The summed E-state index contributed by atoms with van der Waals surface area (Å²) in [5.41, 5.74) is 15.8. The average molecular weight is 636 g/mol. The third-order valence-electron chi connectivity index (χ3n) is 10.2. The molecule has 232 valence electrons. The van der Waals surface area contributed by atoms with E-state index in [0.29, 0.717) is 11.1 Å². The molecule has 3 nitrogen and oxygen atoms in total. The third-order valence-corrected chi connectivity index (χ3v) is 10.2. The number of allylic oxidation sites excluding steroid dienone is 2. The zero-order chi connectivity index (χ0) is 33.9. The second-order valence-corrected chi connectivity index (χ2v) is 12.7. The predicted octanol–water partition coefficient (Wildman–Crippen LogP) is 12.2. The minimum atomic E-state index is 0.366.